The van der Waals surface area contributed by atoms with Crippen molar-refractivity contribution in [3.05, 3.63) is 24.3 Å². The molecule has 0 rings (SSSR count). The molecule has 1 heteroatoms. The summed E-state index contributed by atoms with van der Waals surface area (Å²) in [6.45, 7) is 7.14. The highest BCUT2D eigenvalue weighted by atomic mass is 15.3. The van der Waals surface area contributed by atoms with E-state index in [1.807, 2.05) is 0 Å². The lowest BCUT2D eigenvalue weighted by molar-refractivity contribution is -0.888. The fourth-order valence-corrected chi connectivity index (χ4v) is 2.69. The van der Waals surface area contributed by atoms with Gasteiger partial charge in [0, 0.05) is 0 Å². The summed E-state index contributed by atoms with van der Waals surface area (Å²) >= 11 is 0. The van der Waals surface area contributed by atoms with Crippen molar-refractivity contribution in [3.8, 4) is 0 Å². The van der Waals surface area contributed by atoms with Crippen molar-refractivity contribution in [2.75, 3.05) is 27.2 Å². The topological polar surface area (TPSA) is 0 Å². The zero-order chi connectivity index (χ0) is 17.2. The van der Waals surface area contributed by atoms with E-state index in [0.29, 0.717) is 0 Å². The van der Waals surface area contributed by atoms with Gasteiger partial charge in [0.1, 0.15) is 0 Å². The summed E-state index contributed by atoms with van der Waals surface area (Å²) in [7, 11) is 4.68. The van der Waals surface area contributed by atoms with E-state index in [9.17, 15) is 0 Å². The van der Waals surface area contributed by atoms with Crippen LogP contribution in [0.4, 0.5) is 0 Å². The van der Waals surface area contributed by atoms with E-state index < -0.39 is 0 Å². The average molecular weight is 323 g/mol. The van der Waals surface area contributed by atoms with Gasteiger partial charge in [-0.05, 0) is 51.9 Å². The van der Waals surface area contributed by atoms with Gasteiger partial charge in [0.2, 0.25) is 0 Å². The second-order valence-electron chi connectivity index (χ2n) is 7.56. The van der Waals surface area contributed by atoms with Gasteiger partial charge in [0.05, 0.1) is 27.2 Å². The van der Waals surface area contributed by atoms with Crippen LogP contribution in [-0.4, -0.2) is 31.7 Å². The SMILES string of the molecule is CCCCC/C=C\C/C=C\CCCCCCCC[N+](C)(C)CC. The average Bonchev–Trinajstić information content (AvgIpc) is 2.54. The monoisotopic (exact) mass is 322 g/mol. The van der Waals surface area contributed by atoms with Crippen LogP contribution in [-0.2, 0) is 0 Å². The Morgan fingerprint density at radius 3 is 1.70 bits per heavy atom. The third-order valence-electron chi connectivity index (χ3n) is 4.82. The van der Waals surface area contributed by atoms with E-state index in [1.165, 1.54) is 88.2 Å². The molecule has 0 aromatic heterocycles. The van der Waals surface area contributed by atoms with Gasteiger partial charge >= 0.3 is 0 Å². The predicted octanol–water partition coefficient (Wildman–Crippen LogP) is 6.90. The van der Waals surface area contributed by atoms with Crippen molar-refractivity contribution in [3.63, 3.8) is 0 Å². The molecule has 0 unspecified atom stereocenters. The van der Waals surface area contributed by atoms with Gasteiger partial charge in [-0.25, -0.2) is 0 Å². The lowest BCUT2D eigenvalue weighted by Gasteiger charge is -2.28. The molecule has 0 fully saturated rings. The Morgan fingerprint density at radius 2 is 1.13 bits per heavy atom. The first-order chi connectivity index (χ1) is 11.1. The molecule has 0 bridgehead atoms. The summed E-state index contributed by atoms with van der Waals surface area (Å²) in [6.07, 6.45) is 25.5. The van der Waals surface area contributed by atoms with Gasteiger partial charge in [-0.2, -0.15) is 0 Å². The lowest BCUT2D eigenvalue weighted by Crippen LogP contribution is -2.39. The molecule has 0 aliphatic carbocycles. The Bertz CT molecular complexity index is 288. The maximum Gasteiger partial charge on any atom is 0.0782 e. The summed E-state index contributed by atoms with van der Waals surface area (Å²) in [5, 5.41) is 0. The molecule has 0 aliphatic rings. The molecule has 0 saturated heterocycles. The fourth-order valence-electron chi connectivity index (χ4n) is 2.69. The quantitative estimate of drug-likeness (QED) is 0.165. The number of unbranched alkanes of at least 4 members (excludes halogenated alkanes) is 9. The van der Waals surface area contributed by atoms with Crippen molar-refractivity contribution < 1.29 is 4.48 Å². The highest BCUT2D eigenvalue weighted by Crippen LogP contribution is 2.09. The van der Waals surface area contributed by atoms with Crippen molar-refractivity contribution >= 4 is 0 Å². The van der Waals surface area contributed by atoms with Crippen LogP contribution < -0.4 is 0 Å². The molecule has 0 aromatic rings. The number of allylic oxidation sites excluding steroid dienone is 4. The molecule has 0 aliphatic heterocycles. The van der Waals surface area contributed by atoms with E-state index in [-0.39, 0.29) is 0 Å². The van der Waals surface area contributed by atoms with Crippen LogP contribution >= 0.6 is 0 Å². The summed E-state index contributed by atoms with van der Waals surface area (Å²) in [4.78, 5) is 0. The van der Waals surface area contributed by atoms with Crippen LogP contribution in [0.25, 0.3) is 0 Å². The van der Waals surface area contributed by atoms with E-state index in [4.69, 9.17) is 0 Å². The number of nitrogens with zero attached hydrogens (tertiary/aromatic N) is 1. The van der Waals surface area contributed by atoms with E-state index in [2.05, 4.69) is 52.2 Å². The molecule has 1 nitrogen and oxygen atoms in total. The zero-order valence-electron chi connectivity index (χ0n) is 16.7. The molecule has 0 heterocycles. The van der Waals surface area contributed by atoms with Crippen molar-refractivity contribution in [2.24, 2.45) is 0 Å². The minimum atomic E-state index is 1.12. The van der Waals surface area contributed by atoms with E-state index in [0.717, 1.165) is 6.42 Å². The molecule has 0 spiro atoms. The normalized spacial score (nSPS) is 12.7. The maximum absolute atomic E-state index is 2.37. The third kappa shape index (κ3) is 17.6. The van der Waals surface area contributed by atoms with Gasteiger partial charge in [0.15, 0.2) is 0 Å². The first kappa shape index (κ1) is 22.4. The molecule has 0 saturated carbocycles. The van der Waals surface area contributed by atoms with Crippen LogP contribution in [0.15, 0.2) is 24.3 Å². The van der Waals surface area contributed by atoms with Crippen molar-refractivity contribution in [1.82, 2.24) is 0 Å². The third-order valence-corrected chi connectivity index (χ3v) is 4.82. The molecular weight excluding hydrogens is 278 g/mol. The first-order valence-corrected chi connectivity index (χ1v) is 10.2. The Labute approximate surface area is 147 Å². The van der Waals surface area contributed by atoms with Gasteiger partial charge in [-0.3, -0.25) is 0 Å². The van der Waals surface area contributed by atoms with Crippen LogP contribution in [0, 0.1) is 0 Å². The smallest absolute Gasteiger partial charge is 0.0782 e. The molecule has 0 radical (unpaired) electrons. The van der Waals surface area contributed by atoms with Crippen molar-refractivity contribution in [2.45, 2.75) is 90.9 Å². The molecule has 0 atom stereocenters. The first-order valence-electron chi connectivity index (χ1n) is 10.2. The van der Waals surface area contributed by atoms with Crippen LogP contribution in [0.3, 0.4) is 0 Å². The van der Waals surface area contributed by atoms with Crippen LogP contribution in [0.1, 0.15) is 90.9 Å². The van der Waals surface area contributed by atoms with Crippen molar-refractivity contribution in [1.29, 1.82) is 0 Å². The number of hydrogen-bond donors (Lipinski definition) is 0. The molecular formula is C22H44N+. The summed E-state index contributed by atoms with van der Waals surface area (Å²) in [6, 6.07) is 0. The molecule has 0 aromatic carbocycles. The van der Waals surface area contributed by atoms with Gasteiger partial charge < -0.3 is 4.48 Å². The zero-order valence-corrected chi connectivity index (χ0v) is 16.7. The maximum atomic E-state index is 2.37. The summed E-state index contributed by atoms with van der Waals surface area (Å²) in [5.74, 6) is 0. The Balaban J connectivity index is 3.25. The number of hydrogen-bond acceptors (Lipinski definition) is 0. The van der Waals surface area contributed by atoms with Gasteiger partial charge in [-0.1, -0.05) is 63.3 Å². The molecule has 0 N–H and O–H groups in total. The number of rotatable bonds is 16. The predicted molar refractivity (Wildman–Crippen MR) is 107 cm³/mol. The highest BCUT2D eigenvalue weighted by molar-refractivity contribution is 4.92. The Kier molecular flexibility index (Phi) is 15.9. The van der Waals surface area contributed by atoms with Crippen LogP contribution in [0.5, 0.6) is 0 Å². The minimum absolute atomic E-state index is 1.12. The lowest BCUT2D eigenvalue weighted by atomic mass is 10.1. The second kappa shape index (κ2) is 16.3. The highest BCUT2D eigenvalue weighted by Gasteiger charge is 2.09. The summed E-state index contributed by atoms with van der Waals surface area (Å²) in [5.41, 5.74) is 0. The van der Waals surface area contributed by atoms with E-state index >= 15 is 0 Å². The molecule has 0 amide bonds. The Morgan fingerprint density at radius 1 is 0.609 bits per heavy atom. The Hall–Kier alpha value is -0.560. The van der Waals surface area contributed by atoms with Crippen LogP contribution in [0.2, 0.25) is 0 Å². The minimum Gasteiger partial charge on any atom is -0.329 e. The van der Waals surface area contributed by atoms with Gasteiger partial charge in [0.25, 0.3) is 0 Å². The standard InChI is InChI=1S/C22H44N/c1-5-7-8-9-10-11-12-13-14-15-16-17-18-19-20-21-22-23(3,4)6-2/h10-11,13-14H,5-9,12,15-22H2,1-4H3/q+1/b11-10-,14-13-. The molecule has 23 heavy (non-hydrogen) atoms. The van der Waals surface area contributed by atoms with Gasteiger partial charge in [-0.15, -0.1) is 0 Å². The summed E-state index contributed by atoms with van der Waals surface area (Å²) < 4.78 is 1.18. The molecule has 136 valence electrons. The number of quaternary nitrogens is 1. The van der Waals surface area contributed by atoms with E-state index in [1.54, 1.807) is 0 Å². The fraction of sp³-hybridized carbons (Fsp3) is 0.818. The largest absolute Gasteiger partial charge is 0.329 e. The second-order valence-corrected chi connectivity index (χ2v) is 7.56.